The third-order valence-electron chi connectivity index (χ3n) is 4.11. The van der Waals surface area contributed by atoms with Crippen LogP contribution in [0.2, 0.25) is 0 Å². The maximum absolute atomic E-state index is 6.05. The van der Waals surface area contributed by atoms with E-state index in [0.29, 0.717) is 30.7 Å². The highest BCUT2D eigenvalue weighted by molar-refractivity contribution is 5.92. The van der Waals surface area contributed by atoms with Crippen molar-refractivity contribution in [1.29, 1.82) is 0 Å². The van der Waals surface area contributed by atoms with E-state index < -0.39 is 0 Å². The second kappa shape index (κ2) is 10.8. The van der Waals surface area contributed by atoms with Gasteiger partial charge in [0.25, 0.3) is 0 Å². The van der Waals surface area contributed by atoms with Crippen LogP contribution in [0.5, 0.6) is 17.4 Å². The predicted molar refractivity (Wildman–Crippen MR) is 120 cm³/mol. The van der Waals surface area contributed by atoms with Crippen molar-refractivity contribution in [2.45, 2.75) is 6.54 Å². The SMILES string of the molecule is CN(C)CCOc1cc(CN=C(N)Nc2cccc(Oc3ccccc3)c2)ccn1. The lowest BCUT2D eigenvalue weighted by atomic mass is 10.2. The van der Waals surface area contributed by atoms with Crippen LogP contribution in [0.15, 0.2) is 77.9 Å². The van der Waals surface area contributed by atoms with E-state index in [1.165, 1.54) is 0 Å². The number of nitrogens with zero attached hydrogens (tertiary/aromatic N) is 3. The number of guanidine groups is 1. The number of hydrogen-bond acceptors (Lipinski definition) is 5. The Morgan fingerprint density at radius 1 is 1.03 bits per heavy atom. The van der Waals surface area contributed by atoms with E-state index in [1.807, 2.05) is 80.8 Å². The summed E-state index contributed by atoms with van der Waals surface area (Å²) in [4.78, 5) is 10.7. The zero-order chi connectivity index (χ0) is 21.2. The van der Waals surface area contributed by atoms with Gasteiger partial charge in [-0.3, -0.25) is 0 Å². The lowest BCUT2D eigenvalue weighted by Gasteiger charge is -2.11. The van der Waals surface area contributed by atoms with Crippen LogP contribution in [-0.2, 0) is 6.54 Å². The number of para-hydroxylation sites is 1. The van der Waals surface area contributed by atoms with Crippen molar-refractivity contribution in [3.8, 4) is 17.4 Å². The summed E-state index contributed by atoms with van der Waals surface area (Å²) in [6.07, 6.45) is 1.71. The summed E-state index contributed by atoms with van der Waals surface area (Å²) in [5.74, 6) is 2.39. The number of hydrogen-bond donors (Lipinski definition) is 2. The Kier molecular flexibility index (Phi) is 7.63. The van der Waals surface area contributed by atoms with E-state index in [1.54, 1.807) is 6.20 Å². The Bertz CT molecular complexity index is 961. The first-order chi connectivity index (χ1) is 14.6. The lowest BCUT2D eigenvalue weighted by Crippen LogP contribution is -2.22. The van der Waals surface area contributed by atoms with Crippen molar-refractivity contribution in [3.63, 3.8) is 0 Å². The van der Waals surface area contributed by atoms with Crippen molar-refractivity contribution in [2.24, 2.45) is 10.7 Å². The predicted octanol–water partition coefficient (Wildman–Crippen LogP) is 3.74. The molecule has 0 aliphatic carbocycles. The van der Waals surface area contributed by atoms with E-state index in [2.05, 4.69) is 20.2 Å². The standard InChI is InChI=1S/C23H27N5O2/c1-28(2)13-14-29-22-15-18(11-12-25-22)17-26-23(24)27-19-7-6-10-21(16-19)30-20-8-4-3-5-9-20/h3-12,15-16H,13-14,17H2,1-2H3,(H3,24,26,27). The molecule has 0 aliphatic rings. The molecule has 0 saturated heterocycles. The molecule has 0 radical (unpaired) electrons. The van der Waals surface area contributed by atoms with Gasteiger partial charge in [0.1, 0.15) is 18.1 Å². The third kappa shape index (κ3) is 7.10. The Morgan fingerprint density at radius 3 is 2.63 bits per heavy atom. The number of likely N-dealkylation sites (N-methyl/N-ethyl adjacent to an activating group) is 1. The van der Waals surface area contributed by atoms with Gasteiger partial charge >= 0.3 is 0 Å². The molecule has 0 saturated carbocycles. The number of aromatic nitrogens is 1. The minimum Gasteiger partial charge on any atom is -0.476 e. The van der Waals surface area contributed by atoms with Crippen LogP contribution < -0.4 is 20.5 Å². The smallest absolute Gasteiger partial charge is 0.213 e. The van der Waals surface area contributed by atoms with Gasteiger partial charge in [0.05, 0.1) is 6.54 Å². The molecule has 156 valence electrons. The van der Waals surface area contributed by atoms with Crippen LogP contribution in [-0.4, -0.2) is 43.1 Å². The molecular weight excluding hydrogens is 378 g/mol. The van der Waals surface area contributed by atoms with Gasteiger partial charge in [0.15, 0.2) is 5.96 Å². The first kappa shape index (κ1) is 21.1. The topological polar surface area (TPSA) is 85.0 Å². The molecule has 0 amide bonds. The van der Waals surface area contributed by atoms with E-state index in [9.17, 15) is 0 Å². The van der Waals surface area contributed by atoms with Crippen LogP contribution in [0.4, 0.5) is 5.69 Å². The number of pyridine rings is 1. The normalized spacial score (nSPS) is 11.4. The minimum absolute atomic E-state index is 0.318. The quantitative estimate of drug-likeness (QED) is 0.417. The fraction of sp³-hybridized carbons (Fsp3) is 0.217. The van der Waals surface area contributed by atoms with E-state index in [-0.39, 0.29) is 0 Å². The molecule has 2 aromatic carbocycles. The number of rotatable bonds is 9. The molecule has 7 heteroatoms. The van der Waals surface area contributed by atoms with E-state index in [0.717, 1.165) is 23.5 Å². The molecule has 0 unspecified atom stereocenters. The van der Waals surface area contributed by atoms with Gasteiger partial charge in [-0.15, -0.1) is 0 Å². The van der Waals surface area contributed by atoms with Gasteiger partial charge in [-0.05, 0) is 50.0 Å². The third-order valence-corrected chi connectivity index (χ3v) is 4.11. The molecule has 1 aromatic heterocycles. The summed E-state index contributed by atoms with van der Waals surface area (Å²) in [5, 5.41) is 3.10. The van der Waals surface area contributed by atoms with Gasteiger partial charge in [-0.1, -0.05) is 24.3 Å². The lowest BCUT2D eigenvalue weighted by molar-refractivity contribution is 0.253. The van der Waals surface area contributed by atoms with Crippen LogP contribution in [0.25, 0.3) is 0 Å². The molecular formula is C23H27N5O2. The highest BCUT2D eigenvalue weighted by Crippen LogP contribution is 2.23. The molecule has 3 N–H and O–H groups in total. The second-order valence-corrected chi connectivity index (χ2v) is 6.92. The maximum atomic E-state index is 6.05. The van der Waals surface area contributed by atoms with Crippen molar-refractivity contribution < 1.29 is 9.47 Å². The van der Waals surface area contributed by atoms with Gasteiger partial charge < -0.3 is 25.4 Å². The fourth-order valence-corrected chi connectivity index (χ4v) is 2.59. The largest absolute Gasteiger partial charge is 0.476 e. The monoisotopic (exact) mass is 405 g/mol. The second-order valence-electron chi connectivity index (χ2n) is 6.92. The number of anilines is 1. The van der Waals surface area contributed by atoms with Crippen LogP contribution in [0.3, 0.4) is 0 Å². The Morgan fingerprint density at radius 2 is 1.83 bits per heavy atom. The Hall–Kier alpha value is -3.58. The van der Waals surface area contributed by atoms with Crippen LogP contribution in [0.1, 0.15) is 5.56 Å². The molecule has 3 aromatic rings. The Labute approximate surface area is 177 Å². The maximum Gasteiger partial charge on any atom is 0.213 e. The molecule has 1 heterocycles. The Balaban J connectivity index is 1.56. The molecule has 3 rings (SSSR count). The molecule has 0 spiro atoms. The first-order valence-electron chi connectivity index (χ1n) is 9.71. The summed E-state index contributed by atoms with van der Waals surface area (Å²) in [7, 11) is 4.00. The fourth-order valence-electron chi connectivity index (χ4n) is 2.59. The van der Waals surface area contributed by atoms with Crippen LogP contribution >= 0.6 is 0 Å². The van der Waals surface area contributed by atoms with Gasteiger partial charge in [0, 0.05) is 30.6 Å². The molecule has 0 bridgehead atoms. The number of nitrogens with two attached hydrogens (primary N) is 1. The average Bonchev–Trinajstić information content (AvgIpc) is 2.73. The summed E-state index contributed by atoms with van der Waals surface area (Å²) in [5.41, 5.74) is 7.82. The van der Waals surface area contributed by atoms with Crippen molar-refractivity contribution in [1.82, 2.24) is 9.88 Å². The number of ether oxygens (including phenoxy) is 2. The molecule has 0 fully saturated rings. The van der Waals surface area contributed by atoms with Gasteiger partial charge in [0.2, 0.25) is 5.88 Å². The number of benzene rings is 2. The van der Waals surface area contributed by atoms with Crippen molar-refractivity contribution >= 4 is 11.6 Å². The van der Waals surface area contributed by atoms with Crippen molar-refractivity contribution in [3.05, 3.63) is 78.5 Å². The van der Waals surface area contributed by atoms with Crippen molar-refractivity contribution in [2.75, 3.05) is 32.6 Å². The van der Waals surface area contributed by atoms with Gasteiger partial charge in [-0.25, -0.2) is 9.98 Å². The average molecular weight is 406 g/mol. The van der Waals surface area contributed by atoms with Gasteiger partial charge in [-0.2, -0.15) is 0 Å². The molecule has 0 atom stereocenters. The summed E-state index contributed by atoms with van der Waals surface area (Å²) in [6.45, 7) is 1.83. The van der Waals surface area contributed by atoms with E-state index >= 15 is 0 Å². The zero-order valence-corrected chi connectivity index (χ0v) is 17.3. The van der Waals surface area contributed by atoms with E-state index in [4.69, 9.17) is 15.2 Å². The first-order valence-corrected chi connectivity index (χ1v) is 9.71. The summed E-state index contributed by atoms with van der Waals surface area (Å²) in [6, 6.07) is 21.0. The summed E-state index contributed by atoms with van der Waals surface area (Å²) < 4.78 is 11.5. The highest BCUT2D eigenvalue weighted by Gasteiger charge is 2.02. The number of aliphatic imine (C=N–C) groups is 1. The minimum atomic E-state index is 0.318. The molecule has 30 heavy (non-hydrogen) atoms. The summed E-state index contributed by atoms with van der Waals surface area (Å²) >= 11 is 0. The molecule has 7 nitrogen and oxygen atoms in total. The number of nitrogens with one attached hydrogen (secondary N) is 1. The zero-order valence-electron chi connectivity index (χ0n) is 17.3. The highest BCUT2D eigenvalue weighted by atomic mass is 16.5. The van der Waals surface area contributed by atoms with Crippen LogP contribution in [0, 0.1) is 0 Å². The molecule has 0 aliphatic heterocycles.